The molecule has 0 saturated heterocycles. The van der Waals surface area contributed by atoms with E-state index in [1.165, 1.54) is 19.3 Å². The lowest BCUT2D eigenvalue weighted by Gasteiger charge is -2.10. The number of ether oxygens (including phenoxy) is 1. The van der Waals surface area contributed by atoms with E-state index in [2.05, 4.69) is 29.7 Å². The Kier molecular flexibility index (Phi) is 8.33. The van der Waals surface area contributed by atoms with Gasteiger partial charge in [-0.2, -0.15) is 0 Å². The monoisotopic (exact) mass is 346 g/mol. The second-order valence-electron chi connectivity index (χ2n) is 5.80. The van der Waals surface area contributed by atoms with Crippen molar-refractivity contribution in [3.05, 3.63) is 53.6 Å². The fraction of sp³-hybridized carbons (Fsp3) is 0.400. The van der Waals surface area contributed by atoms with E-state index < -0.39 is 0 Å². The Labute approximate surface area is 150 Å². The maximum Gasteiger partial charge on any atom is 0.119 e. The van der Waals surface area contributed by atoms with Crippen LogP contribution < -0.4 is 15.4 Å². The lowest BCUT2D eigenvalue weighted by Crippen LogP contribution is -2.13. The molecule has 0 aromatic heterocycles. The molecule has 0 saturated carbocycles. The third-order valence-corrected chi connectivity index (χ3v) is 3.96. The van der Waals surface area contributed by atoms with E-state index in [1.807, 2.05) is 36.4 Å². The van der Waals surface area contributed by atoms with Crippen LogP contribution in [0.15, 0.2) is 48.5 Å². The maximum atomic E-state index is 5.96. The number of rotatable bonds is 11. The van der Waals surface area contributed by atoms with E-state index in [0.29, 0.717) is 0 Å². The quantitative estimate of drug-likeness (QED) is 0.503. The first-order chi connectivity index (χ1) is 11.8. The standard InChI is InChI=1S/C20H27ClN2O/c1-2-3-4-5-15-24-20-11-9-18(10-12-20)22-13-14-23-19-8-6-7-17(21)16-19/h6-12,16,22-23H,2-5,13-15H2,1H3. The lowest BCUT2D eigenvalue weighted by molar-refractivity contribution is 0.305. The van der Waals surface area contributed by atoms with Gasteiger partial charge in [-0.25, -0.2) is 0 Å². The molecule has 0 atom stereocenters. The predicted octanol–water partition coefficient (Wildman–Crippen LogP) is 5.82. The summed E-state index contributed by atoms with van der Waals surface area (Å²) in [6.45, 7) is 4.69. The zero-order valence-electron chi connectivity index (χ0n) is 14.4. The van der Waals surface area contributed by atoms with E-state index in [1.54, 1.807) is 0 Å². The molecule has 3 nitrogen and oxygen atoms in total. The molecule has 0 amide bonds. The first kappa shape index (κ1) is 18.5. The summed E-state index contributed by atoms with van der Waals surface area (Å²) < 4.78 is 5.75. The molecule has 130 valence electrons. The maximum absolute atomic E-state index is 5.96. The second kappa shape index (κ2) is 10.8. The summed E-state index contributed by atoms with van der Waals surface area (Å²) in [6.07, 6.45) is 4.92. The lowest BCUT2D eigenvalue weighted by atomic mass is 10.2. The molecule has 0 heterocycles. The van der Waals surface area contributed by atoms with Gasteiger partial charge < -0.3 is 15.4 Å². The molecule has 2 aromatic rings. The average molecular weight is 347 g/mol. The molecule has 0 radical (unpaired) electrons. The van der Waals surface area contributed by atoms with Crippen LogP contribution in [-0.2, 0) is 0 Å². The number of nitrogens with one attached hydrogen (secondary N) is 2. The minimum Gasteiger partial charge on any atom is -0.494 e. The topological polar surface area (TPSA) is 33.3 Å². The van der Waals surface area contributed by atoms with Crippen molar-refractivity contribution < 1.29 is 4.74 Å². The molecule has 2 aromatic carbocycles. The molecule has 0 aliphatic heterocycles. The molecule has 2 N–H and O–H groups in total. The summed E-state index contributed by atoms with van der Waals surface area (Å²) in [5, 5.41) is 7.48. The molecule has 0 aliphatic rings. The molecular formula is C20H27ClN2O. The van der Waals surface area contributed by atoms with Crippen LogP contribution in [0.3, 0.4) is 0 Å². The number of hydrogen-bond donors (Lipinski definition) is 2. The highest BCUT2D eigenvalue weighted by molar-refractivity contribution is 6.30. The zero-order chi connectivity index (χ0) is 17.0. The fourth-order valence-corrected chi connectivity index (χ4v) is 2.59. The summed E-state index contributed by atoms with van der Waals surface area (Å²) in [7, 11) is 0. The van der Waals surface area contributed by atoms with Crippen LogP contribution in [0.25, 0.3) is 0 Å². The molecule has 0 spiro atoms. The van der Waals surface area contributed by atoms with Gasteiger partial charge in [0, 0.05) is 29.5 Å². The molecule has 0 bridgehead atoms. The van der Waals surface area contributed by atoms with E-state index in [-0.39, 0.29) is 0 Å². The summed E-state index contributed by atoms with van der Waals surface area (Å²) >= 11 is 5.96. The number of unbranched alkanes of at least 4 members (excludes halogenated alkanes) is 3. The summed E-state index contributed by atoms with van der Waals surface area (Å²) in [5.41, 5.74) is 2.14. The number of anilines is 2. The Bertz CT molecular complexity index is 586. The van der Waals surface area contributed by atoms with Crippen LogP contribution in [-0.4, -0.2) is 19.7 Å². The second-order valence-corrected chi connectivity index (χ2v) is 6.23. The predicted molar refractivity (Wildman–Crippen MR) is 105 cm³/mol. The Morgan fingerprint density at radius 3 is 2.33 bits per heavy atom. The van der Waals surface area contributed by atoms with Gasteiger partial charge in [-0.3, -0.25) is 0 Å². The molecule has 24 heavy (non-hydrogen) atoms. The molecular weight excluding hydrogens is 320 g/mol. The van der Waals surface area contributed by atoms with Gasteiger partial charge >= 0.3 is 0 Å². The van der Waals surface area contributed by atoms with Gasteiger partial charge in [0.15, 0.2) is 0 Å². The Morgan fingerprint density at radius 1 is 0.875 bits per heavy atom. The van der Waals surface area contributed by atoms with Crippen molar-refractivity contribution in [1.82, 2.24) is 0 Å². The smallest absolute Gasteiger partial charge is 0.119 e. The van der Waals surface area contributed by atoms with Crippen molar-refractivity contribution in [3.8, 4) is 5.75 Å². The van der Waals surface area contributed by atoms with Gasteiger partial charge in [-0.15, -0.1) is 0 Å². The van der Waals surface area contributed by atoms with Crippen LogP contribution in [0.1, 0.15) is 32.6 Å². The minimum atomic E-state index is 0.748. The Balaban J connectivity index is 1.63. The summed E-state index contributed by atoms with van der Waals surface area (Å²) in [4.78, 5) is 0. The highest BCUT2D eigenvalue weighted by atomic mass is 35.5. The van der Waals surface area contributed by atoms with Crippen LogP contribution in [0.4, 0.5) is 11.4 Å². The van der Waals surface area contributed by atoms with Crippen molar-refractivity contribution in [2.75, 3.05) is 30.3 Å². The summed E-state index contributed by atoms with van der Waals surface area (Å²) in [5.74, 6) is 0.939. The molecule has 2 rings (SSSR count). The van der Waals surface area contributed by atoms with Crippen molar-refractivity contribution in [3.63, 3.8) is 0 Å². The number of halogens is 1. The summed E-state index contributed by atoms with van der Waals surface area (Å²) in [6, 6.07) is 15.9. The third kappa shape index (κ3) is 7.14. The van der Waals surface area contributed by atoms with Crippen molar-refractivity contribution >= 4 is 23.0 Å². The Morgan fingerprint density at radius 2 is 1.62 bits per heavy atom. The normalized spacial score (nSPS) is 10.4. The molecule has 0 fully saturated rings. The van der Waals surface area contributed by atoms with Crippen LogP contribution in [0, 0.1) is 0 Å². The highest BCUT2D eigenvalue weighted by Gasteiger charge is 1.97. The van der Waals surface area contributed by atoms with Gasteiger partial charge in [0.1, 0.15) is 5.75 Å². The van der Waals surface area contributed by atoms with Crippen LogP contribution >= 0.6 is 11.6 Å². The zero-order valence-corrected chi connectivity index (χ0v) is 15.1. The van der Waals surface area contributed by atoms with Gasteiger partial charge in [0.25, 0.3) is 0 Å². The van der Waals surface area contributed by atoms with Gasteiger partial charge in [-0.1, -0.05) is 43.9 Å². The molecule has 0 unspecified atom stereocenters. The molecule has 0 aliphatic carbocycles. The number of hydrogen-bond acceptors (Lipinski definition) is 3. The third-order valence-electron chi connectivity index (χ3n) is 3.73. The van der Waals surface area contributed by atoms with Crippen molar-refractivity contribution in [2.24, 2.45) is 0 Å². The SMILES string of the molecule is CCCCCCOc1ccc(NCCNc2cccc(Cl)c2)cc1. The fourth-order valence-electron chi connectivity index (χ4n) is 2.40. The van der Waals surface area contributed by atoms with E-state index in [4.69, 9.17) is 16.3 Å². The van der Waals surface area contributed by atoms with Crippen LogP contribution in [0.5, 0.6) is 5.75 Å². The van der Waals surface area contributed by atoms with Crippen molar-refractivity contribution in [2.45, 2.75) is 32.6 Å². The Hall–Kier alpha value is -1.87. The first-order valence-corrected chi connectivity index (χ1v) is 9.12. The van der Waals surface area contributed by atoms with E-state index >= 15 is 0 Å². The van der Waals surface area contributed by atoms with Crippen molar-refractivity contribution in [1.29, 1.82) is 0 Å². The average Bonchev–Trinajstić information content (AvgIpc) is 2.60. The highest BCUT2D eigenvalue weighted by Crippen LogP contribution is 2.17. The van der Waals surface area contributed by atoms with Gasteiger partial charge in [0.05, 0.1) is 6.61 Å². The first-order valence-electron chi connectivity index (χ1n) is 8.74. The van der Waals surface area contributed by atoms with Crippen LogP contribution in [0.2, 0.25) is 5.02 Å². The largest absolute Gasteiger partial charge is 0.494 e. The molecule has 4 heteroatoms. The number of benzene rings is 2. The van der Waals surface area contributed by atoms with Gasteiger partial charge in [-0.05, 0) is 48.9 Å². The van der Waals surface area contributed by atoms with E-state index in [9.17, 15) is 0 Å². The van der Waals surface area contributed by atoms with E-state index in [0.717, 1.165) is 48.3 Å². The minimum absolute atomic E-state index is 0.748. The van der Waals surface area contributed by atoms with Gasteiger partial charge in [0.2, 0.25) is 0 Å².